The lowest BCUT2D eigenvalue weighted by atomic mass is 9.75. The second-order valence-corrected chi connectivity index (χ2v) is 6.04. The van der Waals surface area contributed by atoms with Gasteiger partial charge >= 0.3 is 5.97 Å². The zero-order valence-corrected chi connectivity index (χ0v) is 13.0. The van der Waals surface area contributed by atoms with Crippen LogP contribution in [0, 0.1) is 12.8 Å². The van der Waals surface area contributed by atoms with Crippen molar-refractivity contribution < 1.29 is 9.90 Å². The van der Waals surface area contributed by atoms with Crippen molar-refractivity contribution in [2.24, 2.45) is 5.92 Å². The van der Waals surface area contributed by atoms with Crippen molar-refractivity contribution in [3.05, 3.63) is 70.8 Å². The van der Waals surface area contributed by atoms with Gasteiger partial charge in [0.05, 0.1) is 6.42 Å². The van der Waals surface area contributed by atoms with Gasteiger partial charge in [0.2, 0.25) is 0 Å². The van der Waals surface area contributed by atoms with E-state index in [0.717, 1.165) is 17.6 Å². The maximum absolute atomic E-state index is 11.4. The second kappa shape index (κ2) is 5.80. The molecule has 22 heavy (non-hydrogen) atoms. The average molecular weight is 292 g/mol. The average Bonchev–Trinajstić information content (AvgIpc) is 2.48. The van der Waals surface area contributed by atoms with Gasteiger partial charge in [0.1, 0.15) is 0 Å². The molecule has 0 amide bonds. The molecule has 0 aromatic heterocycles. The number of aliphatic carboxylic acids is 1. The lowest BCUT2D eigenvalue weighted by Gasteiger charge is -2.29. The van der Waals surface area contributed by atoms with Crippen molar-refractivity contribution in [2.75, 3.05) is 0 Å². The smallest absolute Gasteiger partial charge is 0.307 e. The number of benzene rings is 2. The number of fused-ring (bicyclic) bond motifs is 1. The third-order valence-corrected chi connectivity index (χ3v) is 4.45. The lowest BCUT2D eigenvalue weighted by molar-refractivity contribution is -0.135. The summed E-state index contributed by atoms with van der Waals surface area (Å²) in [6, 6.07) is 16.4. The highest BCUT2D eigenvalue weighted by molar-refractivity contribution is 6.00. The number of carboxylic acid groups (broad SMARTS) is 1. The summed E-state index contributed by atoms with van der Waals surface area (Å²) in [4.78, 5) is 11.4. The minimum absolute atomic E-state index is 0.0744. The van der Waals surface area contributed by atoms with Gasteiger partial charge in [-0.15, -0.1) is 0 Å². The van der Waals surface area contributed by atoms with Gasteiger partial charge in [0, 0.05) is 0 Å². The minimum atomic E-state index is -0.773. The highest BCUT2D eigenvalue weighted by Crippen LogP contribution is 2.42. The molecule has 0 fully saturated rings. The van der Waals surface area contributed by atoms with Crippen LogP contribution < -0.4 is 0 Å². The van der Waals surface area contributed by atoms with E-state index in [-0.39, 0.29) is 6.42 Å². The molecule has 1 N–H and O–H groups in total. The molecule has 2 nitrogen and oxygen atoms in total. The number of allylic oxidation sites excluding steroid dienone is 1. The van der Waals surface area contributed by atoms with Crippen LogP contribution in [0.5, 0.6) is 0 Å². The highest BCUT2D eigenvalue weighted by Gasteiger charge is 2.27. The fourth-order valence-corrected chi connectivity index (χ4v) is 3.51. The molecule has 2 heteroatoms. The Hall–Kier alpha value is -2.35. The molecular formula is C20H20O2. The van der Waals surface area contributed by atoms with Gasteiger partial charge in [0.15, 0.2) is 0 Å². The van der Waals surface area contributed by atoms with Crippen LogP contribution in [-0.4, -0.2) is 11.1 Å². The van der Waals surface area contributed by atoms with Crippen LogP contribution in [0.2, 0.25) is 0 Å². The van der Waals surface area contributed by atoms with E-state index in [0.29, 0.717) is 5.92 Å². The Kier molecular flexibility index (Phi) is 3.84. The summed E-state index contributed by atoms with van der Waals surface area (Å²) in [5.74, 6) is -0.449. The summed E-state index contributed by atoms with van der Waals surface area (Å²) in [6.45, 7) is 4.29. The number of rotatable bonds is 3. The van der Waals surface area contributed by atoms with E-state index >= 15 is 0 Å². The molecule has 0 aliphatic heterocycles. The zero-order valence-electron chi connectivity index (χ0n) is 13.0. The van der Waals surface area contributed by atoms with Crippen LogP contribution in [0.25, 0.3) is 11.1 Å². The second-order valence-electron chi connectivity index (χ2n) is 6.04. The van der Waals surface area contributed by atoms with Crippen molar-refractivity contribution in [1.29, 1.82) is 0 Å². The Bertz CT molecular complexity index is 756. The largest absolute Gasteiger partial charge is 0.481 e. The van der Waals surface area contributed by atoms with Gasteiger partial charge < -0.3 is 5.11 Å². The summed E-state index contributed by atoms with van der Waals surface area (Å²) in [6.07, 6.45) is 1.04. The Balaban J connectivity index is 2.27. The van der Waals surface area contributed by atoms with E-state index in [2.05, 4.69) is 38.1 Å². The molecule has 1 unspecified atom stereocenters. The third kappa shape index (κ3) is 2.57. The van der Waals surface area contributed by atoms with Gasteiger partial charge in [-0.05, 0) is 52.7 Å². The van der Waals surface area contributed by atoms with E-state index in [1.54, 1.807) is 0 Å². The molecule has 0 saturated carbocycles. The van der Waals surface area contributed by atoms with E-state index < -0.39 is 5.97 Å². The van der Waals surface area contributed by atoms with Crippen LogP contribution in [0.1, 0.15) is 35.6 Å². The number of hydrogen-bond acceptors (Lipinski definition) is 1. The van der Waals surface area contributed by atoms with E-state index in [4.69, 9.17) is 0 Å². The molecule has 1 aliphatic carbocycles. The molecule has 2 aromatic rings. The fraction of sp³-hybridized carbons (Fsp3) is 0.250. The Morgan fingerprint density at radius 3 is 2.41 bits per heavy atom. The normalized spacial score (nSPS) is 17.3. The first-order valence-corrected chi connectivity index (χ1v) is 7.67. The summed E-state index contributed by atoms with van der Waals surface area (Å²) in [5, 5.41) is 9.38. The van der Waals surface area contributed by atoms with E-state index in [9.17, 15) is 9.90 Å². The summed E-state index contributed by atoms with van der Waals surface area (Å²) < 4.78 is 0. The highest BCUT2D eigenvalue weighted by atomic mass is 16.4. The predicted molar refractivity (Wildman–Crippen MR) is 89.6 cm³/mol. The maximum atomic E-state index is 11.4. The third-order valence-electron chi connectivity index (χ3n) is 4.45. The van der Waals surface area contributed by atoms with Crippen LogP contribution >= 0.6 is 0 Å². The standard InChI is InChI=1S/C20H20O2/c1-13-7-3-5-9-16(13)20-14(2)11-15-8-4-6-10-17(15)18(20)12-19(21)22/h3-10,14H,11-12H2,1-2H3,(H,21,22). The number of aryl methyl sites for hydroxylation is 1. The number of hydrogen-bond donors (Lipinski definition) is 1. The molecule has 0 saturated heterocycles. The molecule has 2 aromatic carbocycles. The Morgan fingerprint density at radius 2 is 1.73 bits per heavy atom. The molecule has 1 atom stereocenters. The minimum Gasteiger partial charge on any atom is -0.481 e. The number of carbonyl (C=O) groups is 1. The first-order valence-electron chi connectivity index (χ1n) is 7.67. The van der Waals surface area contributed by atoms with E-state index in [1.807, 2.05) is 24.3 Å². The maximum Gasteiger partial charge on any atom is 0.307 e. The van der Waals surface area contributed by atoms with Gasteiger partial charge in [0.25, 0.3) is 0 Å². The van der Waals surface area contributed by atoms with Crippen LogP contribution in [0.4, 0.5) is 0 Å². The van der Waals surface area contributed by atoms with Crippen LogP contribution in [0.3, 0.4) is 0 Å². The van der Waals surface area contributed by atoms with Gasteiger partial charge in [-0.3, -0.25) is 4.79 Å². The molecule has 3 rings (SSSR count). The van der Waals surface area contributed by atoms with Crippen LogP contribution in [0.15, 0.2) is 48.5 Å². The van der Waals surface area contributed by atoms with Crippen molar-refractivity contribution in [3.8, 4) is 0 Å². The van der Waals surface area contributed by atoms with E-state index in [1.165, 1.54) is 22.3 Å². The van der Waals surface area contributed by atoms with Crippen LogP contribution in [-0.2, 0) is 11.2 Å². The lowest BCUT2D eigenvalue weighted by Crippen LogP contribution is -2.15. The summed E-state index contributed by atoms with van der Waals surface area (Å²) >= 11 is 0. The first kappa shape index (κ1) is 14.6. The quantitative estimate of drug-likeness (QED) is 0.899. The topological polar surface area (TPSA) is 37.3 Å². The SMILES string of the molecule is Cc1ccccc1C1=C(CC(=O)O)c2ccccc2CC1C. The Morgan fingerprint density at radius 1 is 1.09 bits per heavy atom. The number of carboxylic acids is 1. The Labute approximate surface area is 131 Å². The molecule has 112 valence electrons. The molecular weight excluding hydrogens is 272 g/mol. The van der Waals surface area contributed by atoms with Gasteiger partial charge in [-0.25, -0.2) is 0 Å². The van der Waals surface area contributed by atoms with Crippen molar-refractivity contribution >= 4 is 17.1 Å². The van der Waals surface area contributed by atoms with Crippen molar-refractivity contribution in [3.63, 3.8) is 0 Å². The summed E-state index contributed by atoms with van der Waals surface area (Å²) in [7, 11) is 0. The molecule has 0 heterocycles. The van der Waals surface area contributed by atoms with Crippen molar-refractivity contribution in [2.45, 2.75) is 26.7 Å². The molecule has 0 bridgehead atoms. The first-order chi connectivity index (χ1) is 10.6. The molecule has 1 aliphatic rings. The molecule has 0 radical (unpaired) electrons. The monoisotopic (exact) mass is 292 g/mol. The predicted octanol–water partition coefficient (Wildman–Crippen LogP) is 4.57. The fourth-order valence-electron chi connectivity index (χ4n) is 3.51. The zero-order chi connectivity index (χ0) is 15.7. The van der Waals surface area contributed by atoms with Gasteiger partial charge in [-0.1, -0.05) is 55.5 Å². The summed E-state index contributed by atoms with van der Waals surface area (Å²) in [5.41, 5.74) is 6.90. The molecule has 0 spiro atoms. The van der Waals surface area contributed by atoms with Gasteiger partial charge in [-0.2, -0.15) is 0 Å². The van der Waals surface area contributed by atoms with Crippen molar-refractivity contribution in [1.82, 2.24) is 0 Å².